The number of hydrogen-bond donors (Lipinski definition) is 1. The van der Waals surface area contributed by atoms with E-state index in [9.17, 15) is 14.0 Å². The monoisotopic (exact) mass is 437 g/mol. The molecule has 2 amide bonds. The van der Waals surface area contributed by atoms with Crippen LogP contribution in [0.15, 0.2) is 72.9 Å². The maximum Gasteiger partial charge on any atom is 0.253 e. The summed E-state index contributed by atoms with van der Waals surface area (Å²) in [4.78, 5) is 31.9. The third-order valence-corrected chi connectivity index (χ3v) is 5.73. The lowest BCUT2D eigenvalue weighted by Gasteiger charge is -2.18. The number of rotatable bonds is 5. The first kappa shape index (κ1) is 21.0. The van der Waals surface area contributed by atoms with Crippen LogP contribution in [0.1, 0.15) is 27.5 Å². The molecule has 0 unspecified atom stereocenters. The molecule has 158 valence electrons. The van der Waals surface area contributed by atoms with E-state index in [1.165, 1.54) is 12.1 Å². The molecule has 7 heteroatoms. The molecule has 3 aromatic rings. The van der Waals surface area contributed by atoms with Gasteiger partial charge in [-0.2, -0.15) is 0 Å². The zero-order valence-corrected chi connectivity index (χ0v) is 17.4. The Kier molecular flexibility index (Phi) is 6.28. The van der Waals surface area contributed by atoms with Crippen molar-refractivity contribution < 1.29 is 14.0 Å². The van der Waals surface area contributed by atoms with E-state index < -0.39 is 5.92 Å². The summed E-state index contributed by atoms with van der Waals surface area (Å²) in [6.45, 7) is 0.862. The molecule has 2 aromatic carbocycles. The van der Waals surface area contributed by atoms with Gasteiger partial charge >= 0.3 is 0 Å². The Balaban J connectivity index is 1.55. The molecule has 1 aromatic heterocycles. The number of likely N-dealkylation sites (tertiary alicyclic amines) is 1. The molecule has 0 spiro atoms. The van der Waals surface area contributed by atoms with E-state index in [-0.39, 0.29) is 36.6 Å². The molecule has 1 aliphatic heterocycles. The van der Waals surface area contributed by atoms with Gasteiger partial charge in [-0.3, -0.25) is 14.6 Å². The highest BCUT2D eigenvalue weighted by Gasteiger charge is 2.40. The molecule has 1 saturated heterocycles. The van der Waals surface area contributed by atoms with Crippen LogP contribution in [0.4, 0.5) is 4.39 Å². The van der Waals surface area contributed by atoms with Crippen LogP contribution in [0.3, 0.4) is 0 Å². The number of carbonyl (C=O) groups excluding carboxylic acids is 2. The zero-order chi connectivity index (χ0) is 21.8. The average Bonchev–Trinajstić information content (AvgIpc) is 3.24. The lowest BCUT2D eigenvalue weighted by molar-refractivity contribution is -0.125. The lowest BCUT2D eigenvalue weighted by atomic mass is 9.88. The quantitative estimate of drug-likeness (QED) is 0.655. The zero-order valence-electron chi connectivity index (χ0n) is 16.7. The summed E-state index contributed by atoms with van der Waals surface area (Å²) < 4.78 is 13.9. The van der Waals surface area contributed by atoms with Gasteiger partial charge in [0.2, 0.25) is 5.91 Å². The summed E-state index contributed by atoms with van der Waals surface area (Å²) in [5.74, 6) is -1.55. The number of benzene rings is 2. The van der Waals surface area contributed by atoms with Crippen LogP contribution in [0, 0.1) is 11.7 Å². The van der Waals surface area contributed by atoms with E-state index in [4.69, 9.17) is 11.6 Å². The predicted octanol–water partition coefficient (Wildman–Crippen LogP) is 4.05. The van der Waals surface area contributed by atoms with Gasteiger partial charge in [-0.25, -0.2) is 4.39 Å². The third kappa shape index (κ3) is 4.91. The van der Waals surface area contributed by atoms with Crippen LogP contribution >= 0.6 is 11.6 Å². The Morgan fingerprint density at radius 1 is 1.06 bits per heavy atom. The van der Waals surface area contributed by atoms with Gasteiger partial charge in [-0.15, -0.1) is 0 Å². The number of carbonyl (C=O) groups is 2. The summed E-state index contributed by atoms with van der Waals surface area (Å²) in [6.07, 6.45) is 1.67. The number of aromatic nitrogens is 1. The van der Waals surface area contributed by atoms with Gasteiger partial charge in [0.05, 0.1) is 18.2 Å². The molecule has 0 bridgehead atoms. The normalized spacial score (nSPS) is 18.1. The third-order valence-electron chi connectivity index (χ3n) is 5.48. The van der Waals surface area contributed by atoms with Crippen molar-refractivity contribution in [1.82, 2.24) is 15.2 Å². The van der Waals surface area contributed by atoms with Crippen molar-refractivity contribution in [2.24, 2.45) is 5.92 Å². The van der Waals surface area contributed by atoms with Crippen LogP contribution in [0.2, 0.25) is 5.02 Å². The Morgan fingerprint density at radius 2 is 1.87 bits per heavy atom. The fourth-order valence-electron chi connectivity index (χ4n) is 3.90. The van der Waals surface area contributed by atoms with Gasteiger partial charge in [0.1, 0.15) is 5.82 Å². The molecule has 0 aliphatic carbocycles. The Hall–Kier alpha value is -3.25. The molecule has 0 radical (unpaired) electrons. The number of halogens is 2. The van der Waals surface area contributed by atoms with Crippen LogP contribution in [-0.2, 0) is 11.3 Å². The number of amides is 2. The number of nitrogens with zero attached hydrogens (tertiary/aromatic N) is 2. The maximum absolute atomic E-state index is 13.9. The van der Waals surface area contributed by atoms with E-state index >= 15 is 0 Å². The minimum absolute atomic E-state index is 0.182. The van der Waals surface area contributed by atoms with Crippen molar-refractivity contribution >= 4 is 23.4 Å². The first-order valence-electron chi connectivity index (χ1n) is 9.99. The first-order chi connectivity index (χ1) is 15.0. The Morgan fingerprint density at radius 3 is 2.58 bits per heavy atom. The highest BCUT2D eigenvalue weighted by Crippen LogP contribution is 2.34. The lowest BCUT2D eigenvalue weighted by Crippen LogP contribution is -2.35. The fourth-order valence-corrected chi connectivity index (χ4v) is 4.02. The molecule has 4 rings (SSSR count). The topological polar surface area (TPSA) is 62.3 Å². The van der Waals surface area contributed by atoms with Crippen LogP contribution in [-0.4, -0.2) is 34.8 Å². The van der Waals surface area contributed by atoms with Gasteiger partial charge in [0.25, 0.3) is 5.91 Å². The largest absolute Gasteiger partial charge is 0.350 e. The Labute approximate surface area is 184 Å². The predicted molar refractivity (Wildman–Crippen MR) is 116 cm³/mol. The van der Waals surface area contributed by atoms with E-state index in [0.29, 0.717) is 22.7 Å². The van der Waals surface area contributed by atoms with Crippen LogP contribution in [0.5, 0.6) is 0 Å². The summed E-state index contributed by atoms with van der Waals surface area (Å²) in [7, 11) is 0. The van der Waals surface area contributed by atoms with Gasteiger partial charge in [0, 0.05) is 35.8 Å². The van der Waals surface area contributed by atoms with Crippen LogP contribution in [0.25, 0.3) is 0 Å². The van der Waals surface area contributed by atoms with Gasteiger partial charge in [-0.1, -0.05) is 29.8 Å². The van der Waals surface area contributed by atoms with Crippen LogP contribution < -0.4 is 5.32 Å². The molecule has 2 heterocycles. The van der Waals surface area contributed by atoms with E-state index in [0.717, 1.165) is 5.69 Å². The summed E-state index contributed by atoms with van der Waals surface area (Å²) in [6, 6.07) is 18.3. The Bertz CT molecular complexity index is 1080. The smallest absolute Gasteiger partial charge is 0.253 e. The molecular formula is C24H21ClFN3O2. The molecule has 1 fully saturated rings. The summed E-state index contributed by atoms with van der Waals surface area (Å²) in [5.41, 5.74) is 1.94. The SMILES string of the molecule is O=C(NCc1ccccn1)[C@H]1CN(C(=O)c2ccc(Cl)cc2)C[C@@H]1c1cccc(F)c1. The van der Waals surface area contributed by atoms with E-state index in [2.05, 4.69) is 10.3 Å². The number of hydrogen-bond acceptors (Lipinski definition) is 3. The minimum atomic E-state index is -0.498. The first-order valence-corrected chi connectivity index (χ1v) is 10.4. The molecule has 0 saturated carbocycles. The van der Waals surface area contributed by atoms with Crippen molar-refractivity contribution in [3.05, 3.63) is 101 Å². The van der Waals surface area contributed by atoms with Crippen molar-refractivity contribution in [2.75, 3.05) is 13.1 Å². The standard InChI is InChI=1S/C24H21ClFN3O2/c25-18-9-7-16(8-10-18)24(31)29-14-21(17-4-3-5-19(26)12-17)22(15-29)23(30)28-13-20-6-1-2-11-27-20/h1-12,21-22H,13-15H2,(H,28,30)/t21-,22+/m1/s1. The van der Waals surface area contributed by atoms with Gasteiger partial charge in [0.15, 0.2) is 0 Å². The average molecular weight is 438 g/mol. The van der Waals surface area contributed by atoms with Gasteiger partial charge in [-0.05, 0) is 54.1 Å². The number of nitrogens with one attached hydrogen (secondary N) is 1. The molecule has 31 heavy (non-hydrogen) atoms. The number of pyridine rings is 1. The molecule has 1 aliphatic rings. The molecule has 5 nitrogen and oxygen atoms in total. The molecule has 2 atom stereocenters. The van der Waals surface area contributed by atoms with E-state index in [1.807, 2.05) is 18.2 Å². The van der Waals surface area contributed by atoms with Gasteiger partial charge < -0.3 is 10.2 Å². The second kappa shape index (κ2) is 9.27. The highest BCUT2D eigenvalue weighted by atomic mass is 35.5. The summed E-state index contributed by atoms with van der Waals surface area (Å²) >= 11 is 5.93. The second-order valence-corrected chi connectivity index (χ2v) is 7.96. The van der Waals surface area contributed by atoms with Crippen molar-refractivity contribution in [3.63, 3.8) is 0 Å². The van der Waals surface area contributed by atoms with E-state index in [1.54, 1.807) is 47.5 Å². The molecular weight excluding hydrogens is 417 g/mol. The van der Waals surface area contributed by atoms with Crippen molar-refractivity contribution in [2.45, 2.75) is 12.5 Å². The molecule has 1 N–H and O–H groups in total. The second-order valence-electron chi connectivity index (χ2n) is 7.52. The minimum Gasteiger partial charge on any atom is -0.350 e. The maximum atomic E-state index is 13.9. The fraction of sp³-hybridized carbons (Fsp3) is 0.208. The summed E-state index contributed by atoms with van der Waals surface area (Å²) in [5, 5.41) is 3.46. The van der Waals surface area contributed by atoms with Crippen molar-refractivity contribution in [3.8, 4) is 0 Å². The highest BCUT2D eigenvalue weighted by molar-refractivity contribution is 6.30. The van der Waals surface area contributed by atoms with Crippen molar-refractivity contribution in [1.29, 1.82) is 0 Å².